The molecule has 0 saturated heterocycles. The molecule has 0 bridgehead atoms. The Labute approximate surface area is 121 Å². The zero-order valence-electron chi connectivity index (χ0n) is 13.9. The normalized spacial score (nSPS) is 8.95. The van der Waals surface area contributed by atoms with Crippen molar-refractivity contribution in [1.29, 1.82) is 0 Å². The fourth-order valence-electron chi connectivity index (χ4n) is 1.39. The second kappa shape index (κ2) is 15.1. The number of phenols is 1. The van der Waals surface area contributed by atoms with E-state index in [-0.39, 0.29) is 0 Å². The Kier molecular flexibility index (Phi) is 16.1. The highest BCUT2D eigenvalue weighted by molar-refractivity contribution is 5.35. The van der Waals surface area contributed by atoms with Crippen molar-refractivity contribution in [2.24, 2.45) is 0 Å². The molecule has 0 heterocycles. The van der Waals surface area contributed by atoms with E-state index in [2.05, 4.69) is 26.8 Å². The average molecular weight is 266 g/mol. The van der Waals surface area contributed by atoms with Crippen molar-refractivity contribution in [3.05, 3.63) is 29.3 Å². The number of hydrogen-bond donors (Lipinski definition) is 1. The van der Waals surface area contributed by atoms with Gasteiger partial charge >= 0.3 is 0 Å². The van der Waals surface area contributed by atoms with Crippen LogP contribution in [0, 0.1) is 6.92 Å². The Hall–Kier alpha value is -0.980. The van der Waals surface area contributed by atoms with Crippen molar-refractivity contribution in [1.82, 2.24) is 0 Å². The van der Waals surface area contributed by atoms with Gasteiger partial charge in [-0.2, -0.15) is 0 Å². The lowest BCUT2D eigenvalue weighted by molar-refractivity contribution is 0.470. The molecule has 1 nitrogen and oxygen atoms in total. The first-order valence-electron chi connectivity index (χ1n) is 7.94. The molecule has 0 saturated carbocycles. The summed E-state index contributed by atoms with van der Waals surface area (Å²) in [6.07, 6.45) is 7.47. The molecular weight excluding hydrogens is 232 g/mol. The summed E-state index contributed by atoms with van der Waals surface area (Å²) >= 11 is 0. The number of phenolic OH excluding ortho intramolecular Hbond substituents is 1. The van der Waals surface area contributed by atoms with E-state index in [9.17, 15) is 5.11 Å². The van der Waals surface area contributed by atoms with Gasteiger partial charge in [0, 0.05) is 0 Å². The molecule has 0 aliphatic heterocycles. The highest BCUT2D eigenvalue weighted by Crippen LogP contribution is 2.18. The molecule has 1 rings (SSSR count). The van der Waals surface area contributed by atoms with Crippen LogP contribution in [0.1, 0.15) is 77.8 Å². The Morgan fingerprint density at radius 1 is 0.895 bits per heavy atom. The second-order valence-corrected chi connectivity index (χ2v) is 4.58. The lowest BCUT2D eigenvalue weighted by Gasteiger charge is -2.03. The minimum absolute atomic E-state index is 0.425. The number of rotatable bonds is 5. The summed E-state index contributed by atoms with van der Waals surface area (Å²) in [5.41, 5.74) is 2.20. The van der Waals surface area contributed by atoms with Gasteiger partial charge in [0.1, 0.15) is 5.75 Å². The van der Waals surface area contributed by atoms with Crippen LogP contribution in [0.3, 0.4) is 0 Å². The van der Waals surface area contributed by atoms with Gasteiger partial charge in [-0.1, -0.05) is 72.4 Å². The molecule has 0 amide bonds. The number of unbranched alkanes of at least 4 members (excludes halogenated alkanes) is 3. The van der Waals surface area contributed by atoms with Gasteiger partial charge in [0.25, 0.3) is 0 Å². The number of benzene rings is 1. The molecule has 1 aromatic rings. The maximum absolute atomic E-state index is 9.46. The van der Waals surface area contributed by atoms with Gasteiger partial charge in [0.15, 0.2) is 0 Å². The van der Waals surface area contributed by atoms with Crippen LogP contribution in [-0.4, -0.2) is 5.11 Å². The van der Waals surface area contributed by atoms with E-state index < -0.39 is 0 Å². The molecule has 1 aromatic carbocycles. The van der Waals surface area contributed by atoms with Crippen LogP contribution < -0.4 is 0 Å². The number of hydrogen-bond acceptors (Lipinski definition) is 1. The van der Waals surface area contributed by atoms with Crippen LogP contribution in [0.15, 0.2) is 18.2 Å². The van der Waals surface area contributed by atoms with Crippen molar-refractivity contribution in [2.75, 3.05) is 0 Å². The lowest BCUT2D eigenvalue weighted by Crippen LogP contribution is -1.86. The summed E-state index contributed by atoms with van der Waals surface area (Å²) in [5.74, 6) is 0.425. The van der Waals surface area contributed by atoms with Crippen LogP contribution in [-0.2, 0) is 6.42 Å². The predicted octanol–water partition coefficient (Wildman–Crippen LogP) is 6.27. The minimum Gasteiger partial charge on any atom is -0.508 e. The SMILES string of the molecule is CC.CCCC.CCCCCc1ccc(C)c(O)c1. The third-order valence-electron chi connectivity index (χ3n) is 2.84. The third-order valence-corrected chi connectivity index (χ3v) is 2.84. The summed E-state index contributed by atoms with van der Waals surface area (Å²) in [6, 6.07) is 5.96. The smallest absolute Gasteiger partial charge is 0.118 e. The molecule has 19 heavy (non-hydrogen) atoms. The number of aromatic hydroxyl groups is 1. The quantitative estimate of drug-likeness (QED) is 0.623. The van der Waals surface area contributed by atoms with E-state index in [0.29, 0.717) is 5.75 Å². The van der Waals surface area contributed by atoms with Crippen LogP contribution in [0.2, 0.25) is 0 Å². The summed E-state index contributed by atoms with van der Waals surface area (Å²) < 4.78 is 0. The van der Waals surface area contributed by atoms with E-state index in [1.807, 2.05) is 32.9 Å². The van der Waals surface area contributed by atoms with Gasteiger partial charge in [0.05, 0.1) is 0 Å². The predicted molar refractivity (Wildman–Crippen MR) is 88.0 cm³/mol. The fraction of sp³-hybridized carbons (Fsp3) is 0.667. The molecule has 0 aromatic heterocycles. The average Bonchev–Trinajstić information content (AvgIpc) is 2.45. The van der Waals surface area contributed by atoms with Crippen LogP contribution in [0.4, 0.5) is 0 Å². The molecule has 0 aliphatic carbocycles. The fourth-order valence-corrected chi connectivity index (χ4v) is 1.39. The molecule has 0 aliphatic rings. The van der Waals surface area contributed by atoms with E-state index in [1.54, 1.807) is 0 Å². The summed E-state index contributed by atoms with van der Waals surface area (Å²) in [7, 11) is 0. The Morgan fingerprint density at radius 3 is 1.89 bits per heavy atom. The van der Waals surface area contributed by atoms with Crippen molar-refractivity contribution < 1.29 is 5.11 Å². The highest BCUT2D eigenvalue weighted by atomic mass is 16.3. The maximum Gasteiger partial charge on any atom is 0.118 e. The van der Waals surface area contributed by atoms with Crippen LogP contribution in [0.5, 0.6) is 5.75 Å². The molecule has 0 fully saturated rings. The largest absolute Gasteiger partial charge is 0.508 e. The minimum atomic E-state index is 0.425. The van der Waals surface area contributed by atoms with Gasteiger partial charge in [-0.15, -0.1) is 0 Å². The standard InChI is InChI=1S/C12H18O.C4H10.C2H6/c1-3-4-5-6-11-8-7-10(2)12(13)9-11;1-3-4-2;1-2/h7-9,13H,3-6H2,1-2H3;3-4H2,1-2H3;1-2H3. The van der Waals surface area contributed by atoms with Crippen LogP contribution in [0.25, 0.3) is 0 Å². The highest BCUT2D eigenvalue weighted by Gasteiger charge is 1.97. The van der Waals surface area contributed by atoms with Crippen molar-refractivity contribution in [3.63, 3.8) is 0 Å². The first kappa shape index (κ1) is 20.3. The first-order chi connectivity index (χ1) is 9.15. The monoisotopic (exact) mass is 266 g/mol. The zero-order chi connectivity index (χ0) is 15.1. The van der Waals surface area contributed by atoms with Gasteiger partial charge in [-0.3, -0.25) is 0 Å². The lowest BCUT2D eigenvalue weighted by atomic mass is 10.1. The van der Waals surface area contributed by atoms with Gasteiger partial charge in [-0.05, 0) is 37.0 Å². The van der Waals surface area contributed by atoms with Crippen LogP contribution >= 0.6 is 0 Å². The molecule has 1 heteroatoms. The summed E-state index contributed by atoms with van der Waals surface area (Å²) in [6.45, 7) is 12.5. The number of aryl methyl sites for hydroxylation is 2. The van der Waals surface area contributed by atoms with Gasteiger partial charge in [0.2, 0.25) is 0 Å². The van der Waals surface area contributed by atoms with Gasteiger partial charge < -0.3 is 5.11 Å². The molecule has 0 spiro atoms. The molecule has 0 unspecified atom stereocenters. The Bertz CT molecular complexity index is 290. The molecular formula is C18H34O. The maximum atomic E-state index is 9.46. The Morgan fingerprint density at radius 2 is 1.47 bits per heavy atom. The molecule has 1 N–H and O–H groups in total. The van der Waals surface area contributed by atoms with Crippen molar-refractivity contribution in [2.45, 2.75) is 80.1 Å². The van der Waals surface area contributed by atoms with E-state index in [4.69, 9.17) is 0 Å². The summed E-state index contributed by atoms with van der Waals surface area (Å²) in [4.78, 5) is 0. The molecule has 112 valence electrons. The van der Waals surface area contributed by atoms with Gasteiger partial charge in [-0.25, -0.2) is 0 Å². The molecule has 0 radical (unpaired) electrons. The summed E-state index contributed by atoms with van der Waals surface area (Å²) in [5, 5.41) is 9.46. The van der Waals surface area contributed by atoms with Crippen molar-refractivity contribution >= 4 is 0 Å². The molecule has 0 atom stereocenters. The van der Waals surface area contributed by atoms with E-state index >= 15 is 0 Å². The zero-order valence-corrected chi connectivity index (χ0v) is 13.9. The van der Waals surface area contributed by atoms with E-state index in [0.717, 1.165) is 12.0 Å². The first-order valence-corrected chi connectivity index (χ1v) is 7.94. The third kappa shape index (κ3) is 11.8. The van der Waals surface area contributed by atoms with Crippen molar-refractivity contribution in [3.8, 4) is 5.75 Å². The second-order valence-electron chi connectivity index (χ2n) is 4.58. The topological polar surface area (TPSA) is 20.2 Å². The van der Waals surface area contributed by atoms with E-state index in [1.165, 1.54) is 37.7 Å². The Balaban J connectivity index is 0.